The predicted molar refractivity (Wildman–Crippen MR) is 135 cm³/mol. The minimum atomic E-state index is -0.916. The molecule has 1 aromatic carbocycles. The molecule has 0 aliphatic heterocycles. The Hall–Kier alpha value is -2.87. The summed E-state index contributed by atoms with van der Waals surface area (Å²) in [4.78, 5) is 47.8. The first kappa shape index (κ1) is 27.4. The highest BCUT2D eigenvalue weighted by atomic mass is 32.1. The van der Waals surface area contributed by atoms with Gasteiger partial charge in [-0.05, 0) is 55.5 Å². The average Bonchev–Trinajstić information content (AvgIpc) is 3.18. The van der Waals surface area contributed by atoms with Crippen LogP contribution in [0.5, 0.6) is 5.75 Å². The molecule has 2 amide bonds. The highest BCUT2D eigenvalue weighted by Crippen LogP contribution is 2.44. The quantitative estimate of drug-likeness (QED) is 0.448. The number of nitrogens with one attached hydrogen (secondary N) is 1. The number of carbonyl (C=O) groups excluding carboxylic acids is 3. The molecule has 0 saturated heterocycles. The summed E-state index contributed by atoms with van der Waals surface area (Å²) in [5, 5.41) is 4.77. The summed E-state index contributed by atoms with van der Waals surface area (Å²) in [6.45, 7) is 13.3. The van der Waals surface area contributed by atoms with E-state index < -0.39 is 23.8 Å². The van der Waals surface area contributed by atoms with E-state index in [-0.39, 0.29) is 17.8 Å². The summed E-state index contributed by atoms with van der Waals surface area (Å²) < 4.78 is 5.82. The number of nitroso groups, excluding NO2 is 1. The van der Waals surface area contributed by atoms with Crippen molar-refractivity contribution in [2.24, 2.45) is 10.6 Å². The number of ether oxygens (including phenoxy) is 1. The maximum atomic E-state index is 12.6. The van der Waals surface area contributed by atoms with Crippen LogP contribution in [0.15, 0.2) is 29.4 Å². The molecule has 184 valence electrons. The molecule has 0 aliphatic carbocycles. The van der Waals surface area contributed by atoms with E-state index >= 15 is 0 Å². The van der Waals surface area contributed by atoms with Crippen molar-refractivity contribution in [1.82, 2.24) is 5.32 Å². The number of thiophene rings is 1. The molecule has 1 aromatic heterocycles. The molecular weight excluding hydrogens is 452 g/mol. The molecule has 0 aliphatic rings. The first-order valence-corrected chi connectivity index (χ1v) is 12.2. The standard InChI is InChI=1S/C26H34N2O5S/c1-8-26(9-2,21-13-17(4)23(34-21)24(31)27-14-22(30)28-32)18-10-11-19(16(3)12-18)33-15-20(29)25(5,6)7/h10-13H,8-9,14-15H2,1-7H3,(H,27,31). The van der Waals surface area contributed by atoms with Gasteiger partial charge in [-0.1, -0.05) is 46.8 Å². The van der Waals surface area contributed by atoms with Gasteiger partial charge in [0.2, 0.25) is 0 Å². The third-order valence-corrected chi connectivity index (χ3v) is 7.67. The molecule has 1 N–H and O–H groups in total. The van der Waals surface area contributed by atoms with Crippen LogP contribution in [0, 0.1) is 24.2 Å². The van der Waals surface area contributed by atoms with Gasteiger partial charge in [0, 0.05) is 20.9 Å². The van der Waals surface area contributed by atoms with Crippen molar-refractivity contribution in [3.8, 4) is 5.75 Å². The van der Waals surface area contributed by atoms with E-state index in [9.17, 15) is 19.3 Å². The fourth-order valence-electron chi connectivity index (χ4n) is 3.83. The van der Waals surface area contributed by atoms with Crippen molar-refractivity contribution >= 4 is 28.9 Å². The van der Waals surface area contributed by atoms with Crippen LogP contribution in [0.25, 0.3) is 0 Å². The van der Waals surface area contributed by atoms with E-state index in [2.05, 4.69) is 30.4 Å². The van der Waals surface area contributed by atoms with Crippen LogP contribution in [0.4, 0.5) is 0 Å². The van der Waals surface area contributed by atoms with Gasteiger partial charge in [0.05, 0.1) is 4.88 Å². The van der Waals surface area contributed by atoms with Gasteiger partial charge < -0.3 is 10.1 Å². The van der Waals surface area contributed by atoms with Crippen LogP contribution in [0.2, 0.25) is 0 Å². The Bertz CT molecular complexity index is 1080. The predicted octanol–water partition coefficient (Wildman–Crippen LogP) is 5.49. The molecule has 1 heterocycles. The van der Waals surface area contributed by atoms with E-state index in [0.717, 1.165) is 34.4 Å². The first-order valence-electron chi connectivity index (χ1n) is 11.4. The zero-order valence-corrected chi connectivity index (χ0v) is 21.9. The molecule has 0 fully saturated rings. The van der Waals surface area contributed by atoms with Gasteiger partial charge in [-0.25, -0.2) is 0 Å². The zero-order valence-electron chi connectivity index (χ0n) is 21.0. The van der Waals surface area contributed by atoms with Crippen LogP contribution < -0.4 is 10.1 Å². The van der Waals surface area contributed by atoms with Crippen molar-refractivity contribution in [2.45, 2.75) is 66.7 Å². The minimum Gasteiger partial charge on any atom is -0.486 e. The van der Waals surface area contributed by atoms with Crippen LogP contribution >= 0.6 is 11.3 Å². The fraction of sp³-hybridized carbons (Fsp3) is 0.500. The highest BCUT2D eigenvalue weighted by molar-refractivity contribution is 7.14. The molecule has 2 rings (SSSR count). The molecular formula is C26H34N2O5S. The second-order valence-electron chi connectivity index (χ2n) is 9.52. The van der Waals surface area contributed by atoms with Gasteiger partial charge in [-0.15, -0.1) is 16.2 Å². The number of Topliss-reactive ketones (excluding diaryl/α,β-unsaturated/α-hetero) is 1. The van der Waals surface area contributed by atoms with Crippen LogP contribution in [0.1, 0.15) is 78.7 Å². The van der Waals surface area contributed by atoms with Gasteiger partial charge in [0.25, 0.3) is 5.91 Å². The Morgan fingerprint density at radius 2 is 1.68 bits per heavy atom. The second-order valence-corrected chi connectivity index (χ2v) is 10.6. The monoisotopic (exact) mass is 486 g/mol. The second kappa shape index (κ2) is 11.0. The van der Waals surface area contributed by atoms with Crippen LogP contribution in [0.3, 0.4) is 0 Å². The van der Waals surface area contributed by atoms with Crippen molar-refractivity contribution in [1.29, 1.82) is 0 Å². The smallest absolute Gasteiger partial charge is 0.305 e. The molecule has 0 saturated carbocycles. The number of hydrogen-bond acceptors (Lipinski definition) is 6. The summed E-state index contributed by atoms with van der Waals surface area (Å²) >= 11 is 1.40. The van der Waals surface area contributed by atoms with Gasteiger partial charge in [0.1, 0.15) is 18.9 Å². The number of hydrogen-bond donors (Lipinski definition) is 1. The SMILES string of the molecule is CCC(CC)(c1ccc(OCC(=O)C(C)(C)C)c(C)c1)c1cc(C)c(C(=O)NCC(=O)N=O)s1. The third-order valence-electron chi connectivity index (χ3n) is 6.23. The summed E-state index contributed by atoms with van der Waals surface area (Å²) in [7, 11) is 0. The molecule has 34 heavy (non-hydrogen) atoms. The molecule has 8 heteroatoms. The maximum Gasteiger partial charge on any atom is 0.305 e. The number of ketones is 1. The van der Waals surface area contributed by atoms with E-state index in [0.29, 0.717) is 10.6 Å². The van der Waals surface area contributed by atoms with Crippen molar-refractivity contribution in [3.63, 3.8) is 0 Å². The van der Waals surface area contributed by atoms with Crippen molar-refractivity contribution in [2.75, 3.05) is 13.2 Å². The Balaban J connectivity index is 2.35. The molecule has 0 radical (unpaired) electrons. The van der Waals surface area contributed by atoms with E-state index in [1.807, 2.05) is 52.8 Å². The van der Waals surface area contributed by atoms with Gasteiger partial charge in [-0.3, -0.25) is 14.4 Å². The lowest BCUT2D eigenvalue weighted by Crippen LogP contribution is -2.28. The number of carbonyl (C=O) groups is 3. The molecule has 0 unspecified atom stereocenters. The van der Waals surface area contributed by atoms with Crippen molar-refractivity contribution in [3.05, 3.63) is 55.6 Å². The Morgan fingerprint density at radius 3 is 2.21 bits per heavy atom. The van der Waals surface area contributed by atoms with E-state index in [4.69, 9.17) is 4.74 Å². The fourth-order valence-corrected chi connectivity index (χ4v) is 5.27. The van der Waals surface area contributed by atoms with Crippen molar-refractivity contribution < 1.29 is 19.1 Å². The summed E-state index contributed by atoms with van der Waals surface area (Å²) in [5.74, 6) is -0.590. The Kier molecular flexibility index (Phi) is 8.89. The normalized spacial score (nSPS) is 11.7. The van der Waals surface area contributed by atoms with Crippen LogP contribution in [-0.4, -0.2) is 30.7 Å². The number of nitrogens with zero attached hydrogens (tertiary/aromatic N) is 1. The molecule has 0 atom stereocenters. The van der Waals surface area contributed by atoms with E-state index in [1.165, 1.54) is 11.3 Å². The third kappa shape index (κ3) is 5.97. The highest BCUT2D eigenvalue weighted by Gasteiger charge is 2.34. The molecule has 2 aromatic rings. The molecule has 0 spiro atoms. The maximum absolute atomic E-state index is 12.6. The number of amides is 2. The largest absolute Gasteiger partial charge is 0.486 e. The summed E-state index contributed by atoms with van der Waals surface area (Å²) in [6.07, 6.45) is 1.64. The summed E-state index contributed by atoms with van der Waals surface area (Å²) in [6, 6.07) is 8.05. The summed E-state index contributed by atoms with van der Waals surface area (Å²) in [5.41, 5.74) is 2.10. The molecule has 0 bridgehead atoms. The number of benzene rings is 1. The Labute approximate surface area is 205 Å². The van der Waals surface area contributed by atoms with Crippen LogP contribution in [-0.2, 0) is 15.0 Å². The zero-order chi connectivity index (χ0) is 25.7. The van der Waals surface area contributed by atoms with Gasteiger partial charge in [-0.2, -0.15) is 0 Å². The van der Waals surface area contributed by atoms with E-state index in [1.54, 1.807) is 0 Å². The van der Waals surface area contributed by atoms with Gasteiger partial charge >= 0.3 is 5.91 Å². The lowest BCUT2D eigenvalue weighted by atomic mass is 9.74. The lowest BCUT2D eigenvalue weighted by Gasteiger charge is -2.32. The number of rotatable bonds is 10. The lowest BCUT2D eigenvalue weighted by molar-refractivity contribution is -0.128. The van der Waals surface area contributed by atoms with Gasteiger partial charge in [0.15, 0.2) is 5.78 Å². The average molecular weight is 487 g/mol. The number of aryl methyl sites for hydroxylation is 2. The first-order chi connectivity index (χ1) is 15.9. The Morgan fingerprint density at radius 1 is 1.03 bits per heavy atom. The minimum absolute atomic E-state index is 0.0289. The molecule has 7 nitrogen and oxygen atoms in total. The topological polar surface area (TPSA) is 102 Å².